The van der Waals surface area contributed by atoms with E-state index >= 15 is 0 Å². The second kappa shape index (κ2) is 7.80. The van der Waals surface area contributed by atoms with Crippen LogP contribution < -0.4 is 0 Å². The summed E-state index contributed by atoms with van der Waals surface area (Å²) in [6, 6.07) is 0. The molecule has 0 saturated heterocycles. The Kier molecular flexibility index (Phi) is 6.78. The third kappa shape index (κ3) is 3.58. The Morgan fingerprint density at radius 2 is 1.50 bits per heavy atom. The fourth-order valence-electron chi connectivity index (χ4n) is 4.19. The van der Waals surface area contributed by atoms with Gasteiger partial charge in [0.1, 0.15) is 11.6 Å². The van der Waals surface area contributed by atoms with Crippen LogP contribution in [-0.2, 0) is 6.42 Å². The van der Waals surface area contributed by atoms with Gasteiger partial charge in [-0.1, -0.05) is 40.7 Å². The van der Waals surface area contributed by atoms with Crippen molar-refractivity contribution in [3.05, 3.63) is 46.5 Å². The van der Waals surface area contributed by atoms with Crippen LogP contribution in [0.5, 0.6) is 0 Å². The van der Waals surface area contributed by atoms with Gasteiger partial charge in [-0.05, 0) is 73.5 Å². The summed E-state index contributed by atoms with van der Waals surface area (Å²) in [6.07, 6.45) is 3.31. The smallest absolute Gasteiger partial charge is 0.132 e. The molecule has 1 aliphatic rings. The minimum Gasteiger partial charge on any atom is -0.206 e. The van der Waals surface area contributed by atoms with Gasteiger partial charge in [-0.3, -0.25) is 0 Å². The van der Waals surface area contributed by atoms with E-state index in [0.29, 0.717) is 35.3 Å². The molecule has 0 aliphatic heterocycles. The quantitative estimate of drug-likeness (QED) is 0.511. The summed E-state index contributed by atoms with van der Waals surface area (Å²) in [5.41, 5.74) is 2.43. The van der Waals surface area contributed by atoms with E-state index in [0.717, 1.165) is 12.0 Å². The van der Waals surface area contributed by atoms with E-state index in [-0.39, 0.29) is 22.6 Å². The predicted molar refractivity (Wildman–Crippen MR) is 100 cm³/mol. The highest BCUT2D eigenvalue weighted by atomic mass is 19.1. The summed E-state index contributed by atoms with van der Waals surface area (Å²) in [4.78, 5) is 0. The summed E-state index contributed by atoms with van der Waals surface area (Å²) in [7, 11) is 0. The standard InChI is InChI=1S/C20H28F2.C2H6/c1-8-16-17(20(16,6)7)11(2)9-10-15-18(21)13(4)12(3)14(5)19(15)22;1-2/h8,11,16-17H,1,9-10H2,2-7H3;1-2H3. The van der Waals surface area contributed by atoms with Gasteiger partial charge in [-0.25, -0.2) is 8.78 Å². The first-order chi connectivity index (χ1) is 11.1. The van der Waals surface area contributed by atoms with Gasteiger partial charge in [0, 0.05) is 5.56 Å². The van der Waals surface area contributed by atoms with Gasteiger partial charge >= 0.3 is 0 Å². The van der Waals surface area contributed by atoms with Gasteiger partial charge in [0.15, 0.2) is 0 Å². The lowest BCUT2D eigenvalue weighted by molar-refractivity contribution is 0.392. The third-order valence-electron chi connectivity index (χ3n) is 6.03. The van der Waals surface area contributed by atoms with Crippen LogP contribution >= 0.6 is 0 Å². The van der Waals surface area contributed by atoms with Crippen molar-refractivity contribution >= 4 is 0 Å². The van der Waals surface area contributed by atoms with Crippen LogP contribution in [0.4, 0.5) is 8.78 Å². The van der Waals surface area contributed by atoms with Crippen molar-refractivity contribution in [2.45, 2.75) is 68.2 Å². The van der Waals surface area contributed by atoms with Crippen LogP contribution in [0.3, 0.4) is 0 Å². The minimum atomic E-state index is -0.358. The molecule has 3 unspecified atom stereocenters. The first kappa shape index (κ1) is 20.9. The van der Waals surface area contributed by atoms with Crippen molar-refractivity contribution in [3.63, 3.8) is 0 Å². The van der Waals surface area contributed by atoms with Crippen molar-refractivity contribution in [2.75, 3.05) is 0 Å². The molecule has 0 aromatic heterocycles. The number of halogens is 2. The summed E-state index contributed by atoms with van der Waals surface area (Å²) in [5, 5.41) is 0. The molecule has 0 bridgehead atoms. The number of benzene rings is 1. The third-order valence-corrected chi connectivity index (χ3v) is 6.03. The zero-order valence-electron chi connectivity index (χ0n) is 16.7. The van der Waals surface area contributed by atoms with E-state index in [2.05, 4.69) is 27.4 Å². The van der Waals surface area contributed by atoms with Crippen LogP contribution in [0, 0.1) is 55.6 Å². The summed E-state index contributed by atoms with van der Waals surface area (Å²) in [6.45, 7) is 19.9. The Labute approximate surface area is 147 Å². The molecule has 2 rings (SSSR count). The Bertz CT molecular complexity index is 569. The van der Waals surface area contributed by atoms with E-state index in [1.807, 2.05) is 19.9 Å². The topological polar surface area (TPSA) is 0 Å². The Morgan fingerprint density at radius 3 is 1.88 bits per heavy atom. The first-order valence-corrected chi connectivity index (χ1v) is 9.20. The fourth-order valence-corrected chi connectivity index (χ4v) is 4.19. The van der Waals surface area contributed by atoms with Gasteiger partial charge in [0.25, 0.3) is 0 Å². The van der Waals surface area contributed by atoms with Crippen molar-refractivity contribution in [1.29, 1.82) is 0 Å². The molecular formula is C22H34F2. The summed E-state index contributed by atoms with van der Waals surface area (Å²) in [5.74, 6) is 0.826. The summed E-state index contributed by atoms with van der Waals surface area (Å²) < 4.78 is 28.8. The molecule has 1 aromatic rings. The molecule has 0 nitrogen and oxygen atoms in total. The molecule has 1 fully saturated rings. The highest BCUT2D eigenvalue weighted by molar-refractivity contribution is 5.40. The molecule has 0 N–H and O–H groups in total. The maximum atomic E-state index is 14.4. The van der Waals surface area contributed by atoms with Crippen LogP contribution in [0.1, 0.15) is 63.3 Å². The van der Waals surface area contributed by atoms with Crippen LogP contribution in [0.15, 0.2) is 12.7 Å². The zero-order chi connectivity index (χ0) is 18.8. The molecule has 136 valence electrons. The van der Waals surface area contributed by atoms with Crippen molar-refractivity contribution in [3.8, 4) is 0 Å². The normalized spacial score (nSPS) is 22.4. The molecule has 2 heteroatoms. The van der Waals surface area contributed by atoms with E-state index in [4.69, 9.17) is 0 Å². The highest BCUT2D eigenvalue weighted by Gasteiger charge is 2.57. The molecule has 0 heterocycles. The second-order valence-corrected chi connectivity index (χ2v) is 7.61. The maximum Gasteiger partial charge on any atom is 0.132 e. The Hall–Kier alpha value is -1.18. The molecule has 1 saturated carbocycles. The number of rotatable bonds is 5. The van der Waals surface area contributed by atoms with Gasteiger partial charge in [0.05, 0.1) is 0 Å². The molecule has 1 aromatic carbocycles. The number of hydrogen-bond donors (Lipinski definition) is 0. The first-order valence-electron chi connectivity index (χ1n) is 9.20. The number of hydrogen-bond acceptors (Lipinski definition) is 0. The Morgan fingerprint density at radius 1 is 1.04 bits per heavy atom. The van der Waals surface area contributed by atoms with E-state index in [9.17, 15) is 8.78 Å². The van der Waals surface area contributed by atoms with Crippen molar-refractivity contribution < 1.29 is 8.78 Å². The SMILES string of the molecule is C=CC1C(C(C)CCc2c(F)c(C)c(C)c(C)c2F)C1(C)C.CC. The van der Waals surface area contributed by atoms with Crippen molar-refractivity contribution in [2.24, 2.45) is 23.2 Å². The lowest BCUT2D eigenvalue weighted by Crippen LogP contribution is -2.09. The van der Waals surface area contributed by atoms with E-state index < -0.39 is 0 Å². The van der Waals surface area contributed by atoms with Crippen LogP contribution in [-0.4, -0.2) is 0 Å². The van der Waals surface area contributed by atoms with E-state index in [1.165, 1.54) is 0 Å². The zero-order valence-corrected chi connectivity index (χ0v) is 16.7. The molecule has 0 spiro atoms. The van der Waals surface area contributed by atoms with Gasteiger partial charge < -0.3 is 0 Å². The average Bonchev–Trinajstić information content (AvgIpc) is 3.13. The van der Waals surface area contributed by atoms with E-state index in [1.54, 1.807) is 20.8 Å². The average molecular weight is 337 g/mol. The molecule has 1 aliphatic carbocycles. The van der Waals surface area contributed by atoms with Gasteiger partial charge in [-0.15, -0.1) is 6.58 Å². The Balaban J connectivity index is 0.00000139. The second-order valence-electron chi connectivity index (χ2n) is 7.61. The molecular weight excluding hydrogens is 302 g/mol. The van der Waals surface area contributed by atoms with Gasteiger partial charge in [0.2, 0.25) is 0 Å². The highest BCUT2D eigenvalue weighted by Crippen LogP contribution is 2.62. The lowest BCUT2D eigenvalue weighted by Gasteiger charge is -2.17. The molecule has 24 heavy (non-hydrogen) atoms. The minimum absolute atomic E-state index is 0.265. The lowest BCUT2D eigenvalue weighted by atomic mass is 9.90. The largest absolute Gasteiger partial charge is 0.206 e. The van der Waals surface area contributed by atoms with Crippen LogP contribution in [0.2, 0.25) is 0 Å². The fraction of sp³-hybridized carbons (Fsp3) is 0.636. The maximum absolute atomic E-state index is 14.4. The summed E-state index contributed by atoms with van der Waals surface area (Å²) >= 11 is 0. The predicted octanol–water partition coefficient (Wildman–Crippen LogP) is 6.94. The molecule has 0 amide bonds. The number of allylic oxidation sites excluding steroid dienone is 1. The van der Waals surface area contributed by atoms with Crippen molar-refractivity contribution in [1.82, 2.24) is 0 Å². The van der Waals surface area contributed by atoms with Crippen LogP contribution in [0.25, 0.3) is 0 Å². The molecule has 3 atom stereocenters. The molecule has 0 radical (unpaired) electrons. The van der Waals surface area contributed by atoms with Gasteiger partial charge in [-0.2, -0.15) is 0 Å². The monoisotopic (exact) mass is 336 g/mol.